The van der Waals surface area contributed by atoms with Gasteiger partial charge in [-0.25, -0.2) is 4.39 Å². The molecule has 0 heterocycles. The second-order valence-electron chi connectivity index (χ2n) is 7.61. The number of hydrogen-bond acceptors (Lipinski definition) is 1. The highest BCUT2D eigenvalue weighted by molar-refractivity contribution is 7.97. The first-order valence-electron chi connectivity index (χ1n) is 10.1. The van der Waals surface area contributed by atoms with Crippen LogP contribution in [-0.2, 0) is 10.9 Å². The summed E-state index contributed by atoms with van der Waals surface area (Å²) in [6, 6.07) is 26.1. The Morgan fingerprint density at radius 3 is 1.93 bits per heavy atom. The van der Waals surface area contributed by atoms with Gasteiger partial charge < -0.3 is 4.74 Å². The van der Waals surface area contributed by atoms with Crippen molar-refractivity contribution in [1.82, 2.24) is 0 Å². The zero-order valence-electron chi connectivity index (χ0n) is 16.7. The summed E-state index contributed by atoms with van der Waals surface area (Å²) < 4.78 is 21.1. The Morgan fingerprint density at radius 2 is 1.41 bits per heavy atom. The predicted molar refractivity (Wildman–Crippen MR) is 118 cm³/mol. The maximum atomic E-state index is 14.8. The quantitative estimate of drug-likeness (QED) is 0.311. The average Bonchev–Trinajstić information content (AvgIpc) is 3.22. The van der Waals surface area contributed by atoms with E-state index in [0.29, 0.717) is 5.75 Å². The van der Waals surface area contributed by atoms with Gasteiger partial charge in [-0.3, -0.25) is 0 Å². The summed E-state index contributed by atoms with van der Waals surface area (Å²) in [5.41, 5.74) is 0.530. The summed E-state index contributed by atoms with van der Waals surface area (Å²) in [5, 5.41) is 0. The fourth-order valence-corrected chi connectivity index (χ4v) is 6.09. The van der Waals surface area contributed by atoms with Crippen LogP contribution >= 0.6 is 0 Å². The van der Waals surface area contributed by atoms with Gasteiger partial charge in [-0.05, 0) is 74.6 Å². The molecular weight excluding hydrogens is 379 g/mol. The second kappa shape index (κ2) is 8.46. The first-order chi connectivity index (χ1) is 14.1. The molecule has 0 spiro atoms. The molecule has 0 unspecified atom stereocenters. The summed E-state index contributed by atoms with van der Waals surface area (Å²) in [4.78, 5) is 3.45. The molecule has 3 aromatic rings. The Balaban J connectivity index is 1.77. The minimum absolute atomic E-state index is 0.314. The SMILES string of the molecule is C=C(C)C1(Oc2cc([S+](c3ccccc3)c3ccccc3)ccc2F)CCCC1. The van der Waals surface area contributed by atoms with E-state index in [9.17, 15) is 4.39 Å². The summed E-state index contributed by atoms with van der Waals surface area (Å²) in [7, 11) is -0.330. The molecule has 0 radical (unpaired) electrons. The Bertz CT molecular complexity index is 939. The molecule has 0 amide bonds. The van der Waals surface area contributed by atoms with E-state index in [1.165, 1.54) is 15.9 Å². The Hall–Kier alpha value is -2.52. The van der Waals surface area contributed by atoms with Crippen LogP contribution in [0.4, 0.5) is 4.39 Å². The summed E-state index contributed by atoms with van der Waals surface area (Å²) in [6.07, 6.45) is 3.98. The third-order valence-electron chi connectivity index (χ3n) is 5.59. The molecular formula is C26H26FOS+. The largest absolute Gasteiger partial charge is 0.480 e. The molecule has 1 fully saturated rings. The van der Waals surface area contributed by atoms with Crippen LogP contribution in [0.1, 0.15) is 32.6 Å². The van der Waals surface area contributed by atoms with Crippen molar-refractivity contribution < 1.29 is 9.13 Å². The number of ether oxygens (including phenoxy) is 1. The number of hydrogen-bond donors (Lipinski definition) is 0. The normalized spacial score (nSPS) is 15.4. The van der Waals surface area contributed by atoms with Gasteiger partial charge >= 0.3 is 0 Å². The molecule has 0 aliphatic heterocycles. The number of rotatable bonds is 6. The number of benzene rings is 3. The smallest absolute Gasteiger partial charge is 0.170 e. The molecule has 0 saturated heterocycles. The van der Waals surface area contributed by atoms with Crippen molar-refractivity contribution in [3.05, 3.63) is 96.8 Å². The molecule has 0 aromatic heterocycles. The first kappa shape index (κ1) is 19.8. The van der Waals surface area contributed by atoms with Crippen molar-refractivity contribution in [3.63, 3.8) is 0 Å². The third kappa shape index (κ3) is 4.11. The molecule has 1 aliphatic carbocycles. The van der Waals surface area contributed by atoms with Crippen LogP contribution in [0.3, 0.4) is 0 Å². The Labute approximate surface area is 175 Å². The van der Waals surface area contributed by atoms with E-state index in [1.54, 1.807) is 0 Å². The lowest BCUT2D eigenvalue weighted by Crippen LogP contribution is -2.34. The predicted octanol–water partition coefficient (Wildman–Crippen LogP) is 7.19. The van der Waals surface area contributed by atoms with Gasteiger partial charge in [0.05, 0.1) is 10.9 Å². The Kier molecular flexibility index (Phi) is 5.77. The molecule has 0 N–H and O–H groups in total. The van der Waals surface area contributed by atoms with Crippen LogP contribution in [0, 0.1) is 5.82 Å². The van der Waals surface area contributed by atoms with Gasteiger partial charge in [-0.2, -0.15) is 0 Å². The van der Waals surface area contributed by atoms with E-state index in [1.807, 2.05) is 55.5 Å². The molecule has 3 aromatic carbocycles. The Morgan fingerprint density at radius 1 is 0.862 bits per heavy atom. The van der Waals surface area contributed by atoms with Crippen LogP contribution in [0.2, 0.25) is 0 Å². The van der Waals surface area contributed by atoms with Crippen LogP contribution in [0.25, 0.3) is 0 Å². The molecule has 0 bridgehead atoms. The van der Waals surface area contributed by atoms with Gasteiger partial charge in [0.1, 0.15) is 5.60 Å². The van der Waals surface area contributed by atoms with E-state index in [-0.39, 0.29) is 16.7 Å². The van der Waals surface area contributed by atoms with E-state index in [0.717, 1.165) is 36.2 Å². The average molecular weight is 406 g/mol. The fraction of sp³-hybridized carbons (Fsp3) is 0.231. The summed E-state index contributed by atoms with van der Waals surface area (Å²) >= 11 is 0. The van der Waals surface area contributed by atoms with E-state index < -0.39 is 5.60 Å². The summed E-state index contributed by atoms with van der Waals surface area (Å²) in [6.45, 7) is 6.13. The highest BCUT2D eigenvalue weighted by Crippen LogP contribution is 2.41. The van der Waals surface area contributed by atoms with Gasteiger partial charge in [-0.1, -0.05) is 43.0 Å². The molecule has 4 rings (SSSR count). The van der Waals surface area contributed by atoms with Crippen LogP contribution in [0.5, 0.6) is 5.75 Å². The van der Waals surface area contributed by atoms with E-state index >= 15 is 0 Å². The van der Waals surface area contributed by atoms with Crippen molar-refractivity contribution >= 4 is 10.9 Å². The lowest BCUT2D eigenvalue weighted by atomic mass is 9.94. The number of halogens is 1. The molecule has 29 heavy (non-hydrogen) atoms. The van der Waals surface area contributed by atoms with E-state index in [4.69, 9.17) is 4.74 Å². The van der Waals surface area contributed by atoms with Gasteiger partial charge in [0.25, 0.3) is 0 Å². The van der Waals surface area contributed by atoms with Gasteiger partial charge in [-0.15, -0.1) is 0 Å². The lowest BCUT2D eigenvalue weighted by molar-refractivity contribution is 0.109. The standard InChI is InChI=1S/C26H26FOS/c1-20(2)26(17-9-10-18-26)28-25-19-23(15-16-24(25)27)29(21-11-5-3-6-12-21)22-13-7-4-8-14-22/h3-8,11-16,19H,1,9-10,17-18H2,2H3/q+1. The van der Waals surface area contributed by atoms with Crippen molar-refractivity contribution in [2.24, 2.45) is 0 Å². The lowest BCUT2D eigenvalue weighted by Gasteiger charge is -2.31. The fourth-order valence-electron chi connectivity index (χ4n) is 3.98. The van der Waals surface area contributed by atoms with Crippen molar-refractivity contribution in [2.45, 2.75) is 52.9 Å². The molecule has 1 aliphatic rings. The highest BCUT2D eigenvalue weighted by Gasteiger charge is 2.38. The third-order valence-corrected chi connectivity index (χ3v) is 7.80. The molecule has 3 heteroatoms. The van der Waals surface area contributed by atoms with Crippen molar-refractivity contribution in [2.75, 3.05) is 0 Å². The molecule has 0 atom stereocenters. The highest BCUT2D eigenvalue weighted by atomic mass is 32.2. The first-order valence-corrected chi connectivity index (χ1v) is 11.3. The zero-order valence-corrected chi connectivity index (χ0v) is 17.6. The van der Waals surface area contributed by atoms with Gasteiger partial charge in [0.2, 0.25) is 0 Å². The monoisotopic (exact) mass is 405 g/mol. The summed E-state index contributed by atoms with van der Waals surface area (Å²) in [5.74, 6) is 0.0164. The van der Waals surface area contributed by atoms with Gasteiger partial charge in [0.15, 0.2) is 26.3 Å². The van der Waals surface area contributed by atoms with Crippen LogP contribution in [0.15, 0.2) is 106 Å². The van der Waals surface area contributed by atoms with Gasteiger partial charge in [0, 0.05) is 6.07 Å². The second-order valence-corrected chi connectivity index (χ2v) is 9.63. The minimum atomic E-state index is -0.447. The molecule has 148 valence electrons. The molecule has 1 nitrogen and oxygen atoms in total. The zero-order chi connectivity index (χ0) is 20.3. The van der Waals surface area contributed by atoms with Crippen LogP contribution in [-0.4, -0.2) is 5.60 Å². The van der Waals surface area contributed by atoms with Crippen LogP contribution < -0.4 is 4.74 Å². The topological polar surface area (TPSA) is 9.23 Å². The van der Waals surface area contributed by atoms with Crippen molar-refractivity contribution in [1.29, 1.82) is 0 Å². The maximum Gasteiger partial charge on any atom is 0.170 e. The maximum absolute atomic E-state index is 14.8. The minimum Gasteiger partial charge on any atom is -0.480 e. The molecule has 1 saturated carbocycles. The van der Waals surface area contributed by atoms with Crippen molar-refractivity contribution in [3.8, 4) is 5.75 Å². The van der Waals surface area contributed by atoms with E-state index in [2.05, 4.69) is 30.8 Å².